The SMILES string of the molecule is CC(C)=CCC[C@@H](C)CCn1cc(C(C)(C)O)nn1. The van der Waals surface area contributed by atoms with Crippen LogP contribution in [0, 0.1) is 5.92 Å². The second kappa shape index (κ2) is 6.85. The molecule has 0 bridgehead atoms. The van der Waals surface area contributed by atoms with E-state index in [0.29, 0.717) is 11.6 Å². The average Bonchev–Trinajstić information content (AvgIpc) is 2.74. The van der Waals surface area contributed by atoms with Crippen molar-refractivity contribution < 1.29 is 5.11 Å². The smallest absolute Gasteiger partial charge is 0.114 e. The molecule has 0 radical (unpaired) electrons. The number of hydrogen-bond donors (Lipinski definition) is 1. The lowest BCUT2D eigenvalue weighted by Crippen LogP contribution is -2.15. The number of aryl methyl sites for hydroxylation is 1. The predicted molar refractivity (Wildman–Crippen MR) is 77.7 cm³/mol. The molecule has 0 spiro atoms. The van der Waals surface area contributed by atoms with E-state index >= 15 is 0 Å². The number of rotatable bonds is 7. The lowest BCUT2D eigenvalue weighted by molar-refractivity contribution is 0.0737. The fourth-order valence-corrected chi connectivity index (χ4v) is 1.84. The van der Waals surface area contributed by atoms with E-state index in [1.54, 1.807) is 13.8 Å². The van der Waals surface area contributed by atoms with Gasteiger partial charge in [-0.15, -0.1) is 5.10 Å². The van der Waals surface area contributed by atoms with E-state index in [1.807, 2.05) is 10.9 Å². The van der Waals surface area contributed by atoms with Crippen LogP contribution in [0.25, 0.3) is 0 Å². The number of aliphatic hydroxyl groups is 1. The first-order valence-corrected chi connectivity index (χ1v) is 7.05. The fraction of sp³-hybridized carbons (Fsp3) is 0.733. The molecular weight excluding hydrogens is 238 g/mol. The number of allylic oxidation sites excluding steroid dienone is 2. The summed E-state index contributed by atoms with van der Waals surface area (Å²) < 4.78 is 1.82. The van der Waals surface area contributed by atoms with Crippen molar-refractivity contribution in [2.75, 3.05) is 0 Å². The molecule has 0 saturated heterocycles. The Bertz CT molecular complexity index is 411. The van der Waals surface area contributed by atoms with Gasteiger partial charge in [0.2, 0.25) is 0 Å². The molecule has 108 valence electrons. The second-order valence-electron chi connectivity index (χ2n) is 6.18. The van der Waals surface area contributed by atoms with Crippen LogP contribution in [0.2, 0.25) is 0 Å². The minimum atomic E-state index is -0.909. The largest absolute Gasteiger partial charge is 0.384 e. The summed E-state index contributed by atoms with van der Waals surface area (Å²) in [7, 11) is 0. The van der Waals surface area contributed by atoms with Crippen LogP contribution in [0.3, 0.4) is 0 Å². The number of hydrogen-bond acceptors (Lipinski definition) is 3. The van der Waals surface area contributed by atoms with Gasteiger partial charge in [0.1, 0.15) is 11.3 Å². The van der Waals surface area contributed by atoms with Crippen LogP contribution in [0.4, 0.5) is 0 Å². The van der Waals surface area contributed by atoms with E-state index in [0.717, 1.165) is 19.4 Å². The summed E-state index contributed by atoms with van der Waals surface area (Å²) >= 11 is 0. The highest BCUT2D eigenvalue weighted by Gasteiger charge is 2.19. The van der Waals surface area contributed by atoms with Crippen molar-refractivity contribution in [3.8, 4) is 0 Å². The summed E-state index contributed by atoms with van der Waals surface area (Å²) in [5, 5.41) is 17.9. The van der Waals surface area contributed by atoms with Crippen molar-refractivity contribution in [3.05, 3.63) is 23.5 Å². The lowest BCUT2D eigenvalue weighted by Gasteiger charge is -2.12. The summed E-state index contributed by atoms with van der Waals surface area (Å²) in [6.07, 6.45) is 7.57. The Kier molecular flexibility index (Phi) is 5.73. The zero-order valence-electron chi connectivity index (χ0n) is 12.8. The van der Waals surface area contributed by atoms with Crippen LogP contribution in [-0.4, -0.2) is 20.1 Å². The fourth-order valence-electron chi connectivity index (χ4n) is 1.84. The molecule has 1 N–H and O–H groups in total. The van der Waals surface area contributed by atoms with Gasteiger partial charge in [-0.3, -0.25) is 4.68 Å². The first kappa shape index (κ1) is 15.9. The van der Waals surface area contributed by atoms with Gasteiger partial charge in [-0.25, -0.2) is 0 Å². The predicted octanol–water partition coefficient (Wildman–Crippen LogP) is 3.28. The molecule has 0 aliphatic rings. The molecule has 1 aromatic rings. The molecule has 4 heteroatoms. The first-order chi connectivity index (χ1) is 8.79. The van der Waals surface area contributed by atoms with Crippen LogP contribution >= 0.6 is 0 Å². The molecule has 1 aromatic heterocycles. The summed E-state index contributed by atoms with van der Waals surface area (Å²) in [6.45, 7) is 10.9. The third-order valence-corrected chi connectivity index (χ3v) is 3.23. The first-order valence-electron chi connectivity index (χ1n) is 7.05. The van der Waals surface area contributed by atoms with Gasteiger partial charge in [0, 0.05) is 6.54 Å². The summed E-state index contributed by atoms with van der Waals surface area (Å²) in [5.41, 5.74) is 1.11. The van der Waals surface area contributed by atoms with Crippen LogP contribution < -0.4 is 0 Å². The molecule has 0 aliphatic carbocycles. The molecule has 0 amide bonds. The molecule has 0 fully saturated rings. The van der Waals surface area contributed by atoms with Crippen molar-refractivity contribution in [1.82, 2.24) is 15.0 Å². The number of aromatic nitrogens is 3. The molecule has 1 atom stereocenters. The molecule has 0 aromatic carbocycles. The highest BCUT2D eigenvalue weighted by atomic mass is 16.3. The second-order valence-corrected chi connectivity index (χ2v) is 6.18. The van der Waals surface area contributed by atoms with Crippen molar-refractivity contribution in [1.29, 1.82) is 0 Å². The molecule has 0 unspecified atom stereocenters. The Morgan fingerprint density at radius 2 is 2.11 bits per heavy atom. The molecule has 4 nitrogen and oxygen atoms in total. The normalized spacial score (nSPS) is 13.4. The quantitative estimate of drug-likeness (QED) is 0.770. The van der Waals surface area contributed by atoms with Gasteiger partial charge in [-0.2, -0.15) is 0 Å². The van der Waals surface area contributed by atoms with Gasteiger partial charge in [0.15, 0.2) is 0 Å². The minimum Gasteiger partial charge on any atom is -0.384 e. The molecule has 0 saturated carbocycles. The summed E-state index contributed by atoms with van der Waals surface area (Å²) in [4.78, 5) is 0. The Hall–Kier alpha value is -1.16. The van der Waals surface area contributed by atoms with E-state index in [2.05, 4.69) is 37.2 Å². The zero-order chi connectivity index (χ0) is 14.5. The monoisotopic (exact) mass is 265 g/mol. The average molecular weight is 265 g/mol. The Morgan fingerprint density at radius 3 is 2.63 bits per heavy atom. The highest BCUT2D eigenvalue weighted by Crippen LogP contribution is 2.17. The van der Waals surface area contributed by atoms with Gasteiger partial charge in [0.05, 0.1) is 6.20 Å². The third kappa shape index (κ3) is 6.01. The van der Waals surface area contributed by atoms with E-state index in [1.165, 1.54) is 12.0 Å². The molecule has 19 heavy (non-hydrogen) atoms. The lowest BCUT2D eigenvalue weighted by atomic mass is 10.0. The van der Waals surface area contributed by atoms with E-state index in [-0.39, 0.29) is 0 Å². The van der Waals surface area contributed by atoms with Crippen molar-refractivity contribution in [2.45, 2.75) is 66.0 Å². The van der Waals surface area contributed by atoms with E-state index in [4.69, 9.17) is 0 Å². The van der Waals surface area contributed by atoms with Gasteiger partial charge < -0.3 is 5.11 Å². The summed E-state index contributed by atoms with van der Waals surface area (Å²) in [5.74, 6) is 0.672. The topological polar surface area (TPSA) is 50.9 Å². The van der Waals surface area contributed by atoms with Crippen molar-refractivity contribution in [3.63, 3.8) is 0 Å². The minimum absolute atomic E-state index is 0.629. The third-order valence-electron chi connectivity index (χ3n) is 3.23. The standard InChI is InChI=1S/C15H27N3O/c1-12(2)7-6-8-13(3)9-10-18-11-14(16-17-18)15(4,5)19/h7,11,13,19H,6,8-10H2,1-5H3/t13-/m1/s1. The maximum absolute atomic E-state index is 9.83. The van der Waals surface area contributed by atoms with Crippen LogP contribution in [-0.2, 0) is 12.1 Å². The zero-order valence-corrected chi connectivity index (χ0v) is 12.8. The Morgan fingerprint density at radius 1 is 1.42 bits per heavy atom. The summed E-state index contributed by atoms with van der Waals surface area (Å²) in [6, 6.07) is 0. The van der Waals surface area contributed by atoms with Crippen LogP contribution in [0.15, 0.2) is 17.8 Å². The maximum atomic E-state index is 9.83. The van der Waals surface area contributed by atoms with Gasteiger partial charge in [-0.1, -0.05) is 23.8 Å². The Labute approximate surface area is 116 Å². The number of nitrogens with zero attached hydrogens (tertiary/aromatic N) is 3. The van der Waals surface area contributed by atoms with Gasteiger partial charge >= 0.3 is 0 Å². The van der Waals surface area contributed by atoms with Crippen molar-refractivity contribution in [2.24, 2.45) is 5.92 Å². The molecule has 0 aliphatic heterocycles. The van der Waals surface area contributed by atoms with E-state index < -0.39 is 5.60 Å². The molecular formula is C15H27N3O. The Balaban J connectivity index is 2.36. The van der Waals surface area contributed by atoms with Crippen LogP contribution in [0.1, 0.15) is 59.6 Å². The highest BCUT2D eigenvalue weighted by molar-refractivity contribution is 5.02. The van der Waals surface area contributed by atoms with Crippen LogP contribution in [0.5, 0.6) is 0 Å². The maximum Gasteiger partial charge on any atom is 0.114 e. The molecule has 1 rings (SSSR count). The van der Waals surface area contributed by atoms with E-state index in [9.17, 15) is 5.11 Å². The van der Waals surface area contributed by atoms with Gasteiger partial charge in [0.25, 0.3) is 0 Å². The van der Waals surface area contributed by atoms with Gasteiger partial charge in [-0.05, 0) is 52.9 Å². The molecule has 1 heterocycles. The van der Waals surface area contributed by atoms with Crippen molar-refractivity contribution >= 4 is 0 Å².